The second kappa shape index (κ2) is 6.11. The number of likely N-dealkylation sites (tertiary alicyclic amines) is 1. The van der Waals surface area contributed by atoms with Crippen LogP contribution < -0.4 is 4.72 Å². The summed E-state index contributed by atoms with van der Waals surface area (Å²) in [5.41, 5.74) is 0.457. The molecule has 5 nitrogen and oxygen atoms in total. The number of carbonyl (C=O) groups is 1. The van der Waals surface area contributed by atoms with Crippen LogP contribution in [0.15, 0.2) is 18.2 Å². The summed E-state index contributed by atoms with van der Waals surface area (Å²) in [6.07, 6.45) is 2.45. The van der Waals surface area contributed by atoms with Crippen LogP contribution in [0.1, 0.15) is 28.8 Å². The summed E-state index contributed by atoms with van der Waals surface area (Å²) in [4.78, 5) is 13.9. The van der Waals surface area contributed by atoms with Crippen LogP contribution in [0.25, 0.3) is 0 Å². The number of nitrogens with one attached hydrogen (secondary N) is 1. The van der Waals surface area contributed by atoms with Gasteiger partial charge in [0.25, 0.3) is 5.91 Å². The molecule has 1 unspecified atom stereocenters. The standard InChI is InChI=1S/C14H19FN2O3S/c1-10-5-3-7-12(13(10)15)14(18)17-8-4-6-11(9-17)16-21(2,19)20/h3,5,7,11,16H,4,6,8-9H2,1-2H3. The highest BCUT2D eigenvalue weighted by Crippen LogP contribution is 2.18. The number of benzene rings is 1. The predicted molar refractivity (Wildman–Crippen MR) is 78.0 cm³/mol. The van der Waals surface area contributed by atoms with Crippen LogP contribution >= 0.6 is 0 Å². The van der Waals surface area contributed by atoms with Crippen molar-refractivity contribution >= 4 is 15.9 Å². The van der Waals surface area contributed by atoms with Crippen molar-refractivity contribution in [3.63, 3.8) is 0 Å². The molecule has 0 radical (unpaired) electrons. The van der Waals surface area contributed by atoms with Gasteiger partial charge in [-0.3, -0.25) is 4.79 Å². The van der Waals surface area contributed by atoms with Gasteiger partial charge in [-0.05, 0) is 31.4 Å². The Balaban J connectivity index is 2.14. The lowest BCUT2D eigenvalue weighted by Gasteiger charge is -2.33. The molecule has 2 rings (SSSR count). The average Bonchev–Trinajstić information content (AvgIpc) is 2.39. The molecule has 1 N–H and O–H groups in total. The van der Waals surface area contributed by atoms with E-state index in [9.17, 15) is 17.6 Å². The molecule has 1 fully saturated rings. The summed E-state index contributed by atoms with van der Waals surface area (Å²) in [5.74, 6) is -0.906. The van der Waals surface area contributed by atoms with E-state index in [-0.39, 0.29) is 18.2 Å². The van der Waals surface area contributed by atoms with E-state index in [0.29, 0.717) is 24.9 Å². The van der Waals surface area contributed by atoms with Gasteiger partial charge in [-0.2, -0.15) is 0 Å². The summed E-state index contributed by atoms with van der Waals surface area (Å²) in [6.45, 7) is 2.38. The number of hydrogen-bond donors (Lipinski definition) is 1. The number of amides is 1. The Hall–Kier alpha value is -1.47. The molecule has 0 bridgehead atoms. The maximum Gasteiger partial charge on any atom is 0.256 e. The molecule has 21 heavy (non-hydrogen) atoms. The van der Waals surface area contributed by atoms with E-state index < -0.39 is 21.7 Å². The van der Waals surface area contributed by atoms with Crippen molar-refractivity contribution in [3.8, 4) is 0 Å². The van der Waals surface area contributed by atoms with Gasteiger partial charge in [-0.1, -0.05) is 12.1 Å². The Labute approximate surface area is 124 Å². The van der Waals surface area contributed by atoms with Crippen molar-refractivity contribution < 1.29 is 17.6 Å². The molecule has 7 heteroatoms. The first-order chi connectivity index (χ1) is 9.78. The summed E-state index contributed by atoms with van der Waals surface area (Å²) < 4.78 is 39.1. The molecule has 1 aromatic rings. The molecule has 116 valence electrons. The zero-order valence-electron chi connectivity index (χ0n) is 12.1. The Kier molecular flexibility index (Phi) is 4.63. The van der Waals surface area contributed by atoms with Gasteiger partial charge in [0.05, 0.1) is 11.8 Å². The number of sulfonamides is 1. The number of nitrogens with zero attached hydrogens (tertiary/aromatic N) is 1. The van der Waals surface area contributed by atoms with Gasteiger partial charge in [-0.15, -0.1) is 0 Å². The molecule has 1 amide bonds. The van der Waals surface area contributed by atoms with Gasteiger partial charge >= 0.3 is 0 Å². The monoisotopic (exact) mass is 314 g/mol. The molecule has 1 aliphatic rings. The van der Waals surface area contributed by atoms with E-state index >= 15 is 0 Å². The quantitative estimate of drug-likeness (QED) is 0.914. The van der Waals surface area contributed by atoms with Crippen molar-refractivity contribution in [2.45, 2.75) is 25.8 Å². The summed E-state index contributed by atoms with van der Waals surface area (Å²) in [7, 11) is -3.31. The van der Waals surface area contributed by atoms with Gasteiger partial charge in [0.15, 0.2) is 0 Å². The van der Waals surface area contributed by atoms with E-state index in [1.165, 1.54) is 11.0 Å². The summed E-state index contributed by atoms with van der Waals surface area (Å²) >= 11 is 0. The molecule has 1 aliphatic heterocycles. The van der Waals surface area contributed by atoms with Gasteiger partial charge in [0.2, 0.25) is 10.0 Å². The Morgan fingerprint density at radius 1 is 1.43 bits per heavy atom. The van der Waals surface area contributed by atoms with E-state index in [0.717, 1.165) is 6.26 Å². The maximum absolute atomic E-state index is 14.0. The molecule has 0 spiro atoms. The molecular formula is C14H19FN2O3S. The second-order valence-electron chi connectivity index (χ2n) is 5.42. The van der Waals surface area contributed by atoms with E-state index in [1.807, 2.05) is 0 Å². The predicted octanol–water partition coefficient (Wildman–Crippen LogP) is 1.29. The number of aryl methyl sites for hydroxylation is 1. The first kappa shape index (κ1) is 15.9. The number of piperidine rings is 1. The average molecular weight is 314 g/mol. The van der Waals surface area contributed by atoms with Gasteiger partial charge in [0, 0.05) is 19.1 Å². The first-order valence-corrected chi connectivity index (χ1v) is 8.69. The third-order valence-electron chi connectivity index (χ3n) is 3.51. The molecular weight excluding hydrogens is 295 g/mol. The number of carbonyl (C=O) groups excluding carboxylic acids is 1. The number of hydrogen-bond acceptors (Lipinski definition) is 3. The van der Waals surface area contributed by atoms with E-state index in [2.05, 4.69) is 4.72 Å². The van der Waals surface area contributed by atoms with E-state index in [1.54, 1.807) is 19.1 Å². The van der Waals surface area contributed by atoms with Crippen molar-refractivity contribution in [3.05, 3.63) is 35.1 Å². The van der Waals surface area contributed by atoms with Crippen molar-refractivity contribution in [2.75, 3.05) is 19.3 Å². The lowest BCUT2D eigenvalue weighted by molar-refractivity contribution is 0.0698. The number of rotatable bonds is 3. The third-order valence-corrected chi connectivity index (χ3v) is 4.27. The molecule has 0 aromatic heterocycles. The van der Waals surface area contributed by atoms with Crippen LogP contribution in [0.4, 0.5) is 4.39 Å². The van der Waals surface area contributed by atoms with Gasteiger partial charge in [-0.25, -0.2) is 17.5 Å². The lowest BCUT2D eigenvalue weighted by atomic mass is 10.0. The third kappa shape index (κ3) is 4.01. The van der Waals surface area contributed by atoms with E-state index in [4.69, 9.17) is 0 Å². The zero-order valence-corrected chi connectivity index (χ0v) is 12.9. The Morgan fingerprint density at radius 2 is 2.14 bits per heavy atom. The summed E-state index contributed by atoms with van der Waals surface area (Å²) in [5, 5.41) is 0. The highest BCUT2D eigenvalue weighted by atomic mass is 32.2. The van der Waals surface area contributed by atoms with Gasteiger partial charge in [0.1, 0.15) is 5.82 Å². The van der Waals surface area contributed by atoms with Gasteiger partial charge < -0.3 is 4.90 Å². The minimum Gasteiger partial charge on any atom is -0.337 e. The highest BCUT2D eigenvalue weighted by Gasteiger charge is 2.27. The Morgan fingerprint density at radius 3 is 2.81 bits per heavy atom. The maximum atomic E-state index is 14.0. The summed E-state index contributed by atoms with van der Waals surface area (Å²) in [6, 6.07) is 4.39. The zero-order chi connectivity index (χ0) is 15.6. The minimum absolute atomic E-state index is 0.0370. The van der Waals surface area contributed by atoms with Crippen LogP contribution in [-0.4, -0.2) is 44.6 Å². The largest absolute Gasteiger partial charge is 0.337 e. The van der Waals surface area contributed by atoms with Crippen molar-refractivity contribution in [2.24, 2.45) is 0 Å². The normalized spacial score (nSPS) is 19.6. The van der Waals surface area contributed by atoms with Crippen LogP contribution in [0, 0.1) is 12.7 Å². The number of halogens is 1. The Bertz CT molecular complexity index is 646. The molecule has 0 saturated carbocycles. The van der Waals surface area contributed by atoms with Crippen LogP contribution in [-0.2, 0) is 10.0 Å². The second-order valence-corrected chi connectivity index (χ2v) is 7.20. The first-order valence-electron chi connectivity index (χ1n) is 6.79. The fourth-order valence-corrected chi connectivity index (χ4v) is 3.34. The molecule has 1 atom stereocenters. The molecule has 1 aromatic carbocycles. The fourth-order valence-electron chi connectivity index (χ4n) is 2.54. The lowest BCUT2D eigenvalue weighted by Crippen LogP contribution is -2.49. The van der Waals surface area contributed by atoms with Crippen LogP contribution in [0.2, 0.25) is 0 Å². The highest BCUT2D eigenvalue weighted by molar-refractivity contribution is 7.88. The smallest absolute Gasteiger partial charge is 0.256 e. The molecule has 0 aliphatic carbocycles. The minimum atomic E-state index is -3.31. The molecule has 1 heterocycles. The SMILES string of the molecule is Cc1cccc(C(=O)N2CCCC(NS(C)(=O)=O)C2)c1F. The molecule has 1 saturated heterocycles. The topological polar surface area (TPSA) is 66.5 Å². The van der Waals surface area contributed by atoms with Crippen molar-refractivity contribution in [1.82, 2.24) is 9.62 Å². The fraction of sp³-hybridized carbons (Fsp3) is 0.500. The van der Waals surface area contributed by atoms with Crippen LogP contribution in [0.3, 0.4) is 0 Å². The van der Waals surface area contributed by atoms with Crippen LogP contribution in [0.5, 0.6) is 0 Å². The van der Waals surface area contributed by atoms with Crippen molar-refractivity contribution in [1.29, 1.82) is 0 Å².